The van der Waals surface area contributed by atoms with Gasteiger partial charge in [0.2, 0.25) is 0 Å². The number of pyridine rings is 1. The summed E-state index contributed by atoms with van der Waals surface area (Å²) in [6.45, 7) is 5.71. The predicted octanol–water partition coefficient (Wildman–Crippen LogP) is 1.87. The lowest BCUT2D eigenvalue weighted by Gasteiger charge is -2.49. The first kappa shape index (κ1) is 18.0. The van der Waals surface area contributed by atoms with E-state index in [-0.39, 0.29) is 24.5 Å². The van der Waals surface area contributed by atoms with Crippen molar-refractivity contribution in [3.05, 3.63) is 24.0 Å². The van der Waals surface area contributed by atoms with Gasteiger partial charge in [0.15, 0.2) is 0 Å². The number of anilines is 1. The molecule has 28 heavy (non-hydrogen) atoms. The molecule has 0 spiro atoms. The van der Waals surface area contributed by atoms with Crippen LogP contribution in [-0.2, 0) is 9.53 Å². The second-order valence-corrected chi connectivity index (χ2v) is 8.97. The van der Waals surface area contributed by atoms with E-state index in [1.165, 1.54) is 11.3 Å². The number of piperidine rings is 3. The molecule has 2 atom stereocenters. The summed E-state index contributed by atoms with van der Waals surface area (Å²) in [4.78, 5) is 33.6. The van der Waals surface area contributed by atoms with E-state index in [0.29, 0.717) is 30.8 Å². The van der Waals surface area contributed by atoms with E-state index in [2.05, 4.69) is 22.1 Å². The Morgan fingerprint density at radius 1 is 1.29 bits per heavy atom. The zero-order valence-electron chi connectivity index (χ0n) is 15.9. The van der Waals surface area contributed by atoms with Crippen molar-refractivity contribution in [2.45, 2.75) is 31.8 Å². The largest absolute Gasteiger partial charge is 0.370 e. The first-order chi connectivity index (χ1) is 13.6. The van der Waals surface area contributed by atoms with Gasteiger partial charge in [0.1, 0.15) is 12.3 Å². The first-order valence-electron chi connectivity index (χ1n) is 9.93. The number of morpholine rings is 1. The van der Waals surface area contributed by atoms with Gasteiger partial charge in [-0.3, -0.25) is 24.4 Å². The summed E-state index contributed by atoms with van der Waals surface area (Å²) < 4.78 is 6.17. The predicted molar refractivity (Wildman–Crippen MR) is 108 cm³/mol. The van der Waals surface area contributed by atoms with Gasteiger partial charge in [-0.15, -0.1) is 11.3 Å². The molecule has 4 aliphatic heterocycles. The van der Waals surface area contributed by atoms with E-state index < -0.39 is 0 Å². The number of hydrogen-bond acceptors (Lipinski definition) is 6. The van der Waals surface area contributed by atoms with Crippen molar-refractivity contribution in [2.75, 3.05) is 37.7 Å². The molecule has 2 bridgehead atoms. The van der Waals surface area contributed by atoms with Crippen molar-refractivity contribution in [3.63, 3.8) is 0 Å². The topological polar surface area (TPSA) is 74.8 Å². The van der Waals surface area contributed by atoms with E-state index >= 15 is 0 Å². The second-order valence-electron chi connectivity index (χ2n) is 7.90. The van der Waals surface area contributed by atoms with Crippen LogP contribution < -0.4 is 10.2 Å². The van der Waals surface area contributed by atoms with E-state index in [9.17, 15) is 9.59 Å². The number of aromatic nitrogens is 1. The number of fused-ring (bicyclic) bond motifs is 4. The SMILES string of the molecule is C[C@H]1[C@H](NC(=O)c2cc3sc(N4CCOCC4=O)cc3cn2)C2CCN1CC2. The third kappa shape index (κ3) is 3.09. The Morgan fingerprint density at radius 2 is 2.11 bits per heavy atom. The number of carbonyl (C=O) groups is 2. The number of nitrogens with zero attached hydrogens (tertiary/aromatic N) is 3. The summed E-state index contributed by atoms with van der Waals surface area (Å²) in [6.07, 6.45) is 4.04. The van der Waals surface area contributed by atoms with Crippen LogP contribution in [0, 0.1) is 5.92 Å². The maximum atomic E-state index is 12.9. The lowest BCUT2D eigenvalue weighted by atomic mass is 9.79. The molecule has 4 saturated heterocycles. The Labute approximate surface area is 167 Å². The summed E-state index contributed by atoms with van der Waals surface area (Å²) in [5.74, 6) is 0.429. The summed E-state index contributed by atoms with van der Waals surface area (Å²) in [5, 5.41) is 5.07. The number of amides is 2. The van der Waals surface area contributed by atoms with Crippen molar-refractivity contribution < 1.29 is 14.3 Å². The number of rotatable bonds is 3. The maximum absolute atomic E-state index is 12.9. The van der Waals surface area contributed by atoms with Gasteiger partial charge in [0.05, 0.1) is 18.2 Å². The highest BCUT2D eigenvalue weighted by Gasteiger charge is 2.40. The van der Waals surface area contributed by atoms with Crippen molar-refractivity contribution >= 4 is 38.2 Å². The highest BCUT2D eigenvalue weighted by Crippen LogP contribution is 2.34. The molecule has 0 saturated carbocycles. The zero-order valence-corrected chi connectivity index (χ0v) is 16.7. The molecule has 0 aliphatic carbocycles. The van der Waals surface area contributed by atoms with Gasteiger partial charge in [-0.25, -0.2) is 0 Å². The molecule has 4 aliphatic rings. The Kier molecular flexibility index (Phi) is 4.57. The highest BCUT2D eigenvalue weighted by molar-refractivity contribution is 7.23. The molecule has 6 rings (SSSR count). The Bertz CT molecular complexity index is 919. The fourth-order valence-corrected chi connectivity index (χ4v) is 5.81. The van der Waals surface area contributed by atoms with E-state index in [1.54, 1.807) is 11.1 Å². The van der Waals surface area contributed by atoms with Gasteiger partial charge in [-0.1, -0.05) is 0 Å². The average molecular weight is 401 g/mol. The summed E-state index contributed by atoms with van der Waals surface area (Å²) in [7, 11) is 0. The Balaban J connectivity index is 1.36. The van der Waals surface area contributed by atoms with Crippen LogP contribution in [0.2, 0.25) is 0 Å². The molecule has 6 heterocycles. The molecule has 7 nitrogen and oxygen atoms in total. The first-order valence-corrected chi connectivity index (χ1v) is 10.7. The van der Waals surface area contributed by atoms with Crippen LogP contribution in [0.3, 0.4) is 0 Å². The summed E-state index contributed by atoms with van der Waals surface area (Å²) in [6, 6.07) is 4.38. The van der Waals surface area contributed by atoms with Gasteiger partial charge in [-0.2, -0.15) is 0 Å². The van der Waals surface area contributed by atoms with Gasteiger partial charge < -0.3 is 10.1 Å². The lowest BCUT2D eigenvalue weighted by Crippen LogP contribution is -2.62. The van der Waals surface area contributed by atoms with Gasteiger partial charge >= 0.3 is 0 Å². The molecule has 2 amide bonds. The fourth-order valence-electron chi connectivity index (χ4n) is 4.70. The van der Waals surface area contributed by atoms with Crippen LogP contribution in [-0.4, -0.2) is 66.6 Å². The number of nitrogens with one attached hydrogen (secondary N) is 1. The Hall–Kier alpha value is -2.03. The minimum atomic E-state index is -0.107. The molecule has 148 valence electrons. The fraction of sp³-hybridized carbons (Fsp3) is 0.550. The van der Waals surface area contributed by atoms with Crippen molar-refractivity contribution in [1.29, 1.82) is 0 Å². The molecule has 0 radical (unpaired) electrons. The van der Waals surface area contributed by atoms with E-state index in [1.807, 2.05) is 12.1 Å². The van der Waals surface area contributed by atoms with E-state index in [0.717, 1.165) is 41.0 Å². The molecular weight excluding hydrogens is 376 g/mol. The van der Waals surface area contributed by atoms with Crippen LogP contribution in [0.15, 0.2) is 18.3 Å². The van der Waals surface area contributed by atoms with Crippen molar-refractivity contribution in [3.8, 4) is 0 Å². The molecule has 2 aromatic heterocycles. The Morgan fingerprint density at radius 3 is 2.86 bits per heavy atom. The minimum Gasteiger partial charge on any atom is -0.370 e. The standard InChI is InChI=1S/C20H24N4O3S/c1-12-19(13-2-4-23(12)5-3-13)22-20(26)15-9-16-14(10-21-15)8-18(28-16)24-6-7-27-11-17(24)25/h8-10,12-13,19H,2-7,11H2,1H3,(H,22,26)/t12-,19-/m0/s1. The van der Waals surface area contributed by atoms with Gasteiger partial charge in [0, 0.05) is 28.4 Å². The number of hydrogen-bond donors (Lipinski definition) is 1. The molecule has 2 aromatic rings. The van der Waals surface area contributed by atoms with Gasteiger partial charge in [-0.05, 0) is 50.9 Å². The molecule has 0 unspecified atom stereocenters. The highest BCUT2D eigenvalue weighted by atomic mass is 32.1. The van der Waals surface area contributed by atoms with Crippen molar-refractivity contribution in [2.24, 2.45) is 5.92 Å². The van der Waals surface area contributed by atoms with Crippen LogP contribution in [0.5, 0.6) is 0 Å². The normalized spacial score (nSPS) is 30.0. The molecule has 1 N–H and O–H groups in total. The number of carbonyl (C=O) groups excluding carboxylic acids is 2. The smallest absolute Gasteiger partial charge is 0.270 e. The van der Waals surface area contributed by atoms with Crippen LogP contribution in [0.25, 0.3) is 10.1 Å². The van der Waals surface area contributed by atoms with Crippen LogP contribution >= 0.6 is 11.3 Å². The average Bonchev–Trinajstić information content (AvgIpc) is 3.14. The summed E-state index contributed by atoms with van der Waals surface area (Å²) in [5.41, 5.74) is 0.442. The summed E-state index contributed by atoms with van der Waals surface area (Å²) >= 11 is 1.52. The number of thiophene rings is 1. The van der Waals surface area contributed by atoms with Crippen LogP contribution in [0.4, 0.5) is 5.00 Å². The monoisotopic (exact) mass is 400 g/mol. The molecule has 4 fully saturated rings. The van der Waals surface area contributed by atoms with Crippen LogP contribution in [0.1, 0.15) is 30.3 Å². The molecule has 8 heteroatoms. The number of ether oxygens (including phenoxy) is 1. The third-order valence-corrected chi connectivity index (χ3v) is 7.47. The zero-order chi connectivity index (χ0) is 19.3. The van der Waals surface area contributed by atoms with E-state index in [4.69, 9.17) is 4.74 Å². The third-order valence-electron chi connectivity index (χ3n) is 6.35. The molecular formula is C20H24N4O3S. The van der Waals surface area contributed by atoms with Gasteiger partial charge in [0.25, 0.3) is 11.8 Å². The molecule has 0 aromatic carbocycles. The lowest BCUT2D eigenvalue weighted by molar-refractivity contribution is -0.125. The quantitative estimate of drug-likeness (QED) is 0.851. The second kappa shape index (κ2) is 7.09. The minimum absolute atomic E-state index is 0.0277. The van der Waals surface area contributed by atoms with Crippen molar-refractivity contribution in [1.82, 2.24) is 15.2 Å². The maximum Gasteiger partial charge on any atom is 0.270 e.